The topological polar surface area (TPSA) is 71.7 Å². The Balaban J connectivity index is 1.27. The van der Waals surface area contributed by atoms with Crippen LogP contribution in [0, 0.1) is 0 Å². The molecule has 1 aliphatic heterocycles. The highest BCUT2D eigenvalue weighted by molar-refractivity contribution is 6.34. The summed E-state index contributed by atoms with van der Waals surface area (Å²) in [6.07, 6.45) is 1.84. The summed E-state index contributed by atoms with van der Waals surface area (Å²) in [4.78, 5) is 21.6. The summed E-state index contributed by atoms with van der Waals surface area (Å²) in [6, 6.07) is 17.1. The van der Waals surface area contributed by atoms with Gasteiger partial charge in [-0.2, -0.15) is 0 Å². The molecular formula is C24H21ClN4O3. The first-order valence-corrected chi connectivity index (χ1v) is 10.7. The number of ether oxygens (including phenoxy) is 1. The average molecular weight is 449 g/mol. The van der Waals surface area contributed by atoms with Crippen molar-refractivity contribution in [3.05, 3.63) is 71.6 Å². The van der Waals surface area contributed by atoms with Gasteiger partial charge in [0.1, 0.15) is 11.3 Å². The Morgan fingerprint density at radius 1 is 1.03 bits per heavy atom. The zero-order valence-corrected chi connectivity index (χ0v) is 18.2. The van der Waals surface area contributed by atoms with Gasteiger partial charge in [0, 0.05) is 31.7 Å². The number of fused-ring (bicyclic) bond motifs is 1. The number of hydrogen-bond donors (Lipinski definition) is 0. The molecule has 32 heavy (non-hydrogen) atoms. The van der Waals surface area contributed by atoms with E-state index in [0.717, 1.165) is 22.3 Å². The summed E-state index contributed by atoms with van der Waals surface area (Å²) in [5.74, 6) is 0.796. The molecule has 2 aromatic carbocycles. The summed E-state index contributed by atoms with van der Waals surface area (Å²) in [6.45, 7) is 2.60. The smallest absolute Gasteiger partial charge is 0.293 e. The maximum Gasteiger partial charge on any atom is 0.293 e. The third kappa shape index (κ3) is 3.65. The maximum atomic E-state index is 12.9. The van der Waals surface area contributed by atoms with Gasteiger partial charge in [0.05, 0.1) is 35.1 Å². The molecule has 3 heterocycles. The number of halogens is 1. The number of pyridine rings is 1. The highest BCUT2D eigenvalue weighted by Crippen LogP contribution is 2.34. The quantitative estimate of drug-likeness (QED) is 0.457. The Morgan fingerprint density at radius 3 is 2.59 bits per heavy atom. The monoisotopic (exact) mass is 448 g/mol. The fraction of sp³-hybridized carbons (Fsp3) is 0.208. The number of carbonyl (C=O) groups is 1. The lowest BCUT2D eigenvalue weighted by atomic mass is 10.1. The predicted octanol–water partition coefficient (Wildman–Crippen LogP) is 4.51. The van der Waals surface area contributed by atoms with Crippen LogP contribution in [0.1, 0.15) is 10.6 Å². The summed E-state index contributed by atoms with van der Waals surface area (Å²) in [5.41, 5.74) is 3.30. The van der Waals surface area contributed by atoms with E-state index in [-0.39, 0.29) is 5.91 Å². The Kier molecular flexibility index (Phi) is 5.41. The summed E-state index contributed by atoms with van der Waals surface area (Å²) in [7, 11) is 1.59. The van der Waals surface area contributed by atoms with Gasteiger partial charge in [0.25, 0.3) is 5.91 Å². The normalized spacial score (nSPS) is 14.1. The predicted molar refractivity (Wildman–Crippen MR) is 123 cm³/mol. The molecule has 8 heteroatoms. The zero-order chi connectivity index (χ0) is 22.1. The van der Waals surface area contributed by atoms with Crippen molar-refractivity contribution in [3.8, 4) is 17.0 Å². The lowest BCUT2D eigenvalue weighted by Gasteiger charge is -2.35. The molecule has 1 aliphatic rings. The second-order valence-electron chi connectivity index (χ2n) is 7.53. The van der Waals surface area contributed by atoms with Gasteiger partial charge in [0.15, 0.2) is 0 Å². The molecule has 0 radical (unpaired) electrons. The fourth-order valence-electron chi connectivity index (χ4n) is 3.95. The van der Waals surface area contributed by atoms with Crippen LogP contribution in [-0.4, -0.2) is 54.2 Å². The van der Waals surface area contributed by atoms with Gasteiger partial charge in [-0.3, -0.25) is 9.78 Å². The van der Waals surface area contributed by atoms with E-state index < -0.39 is 0 Å². The summed E-state index contributed by atoms with van der Waals surface area (Å²) in [5, 5.41) is 5.28. The largest absolute Gasteiger partial charge is 0.495 e. The van der Waals surface area contributed by atoms with Gasteiger partial charge < -0.3 is 19.1 Å². The van der Waals surface area contributed by atoms with Crippen molar-refractivity contribution < 1.29 is 14.1 Å². The van der Waals surface area contributed by atoms with Crippen LogP contribution in [0.4, 0.5) is 5.69 Å². The zero-order valence-electron chi connectivity index (χ0n) is 17.5. The lowest BCUT2D eigenvalue weighted by molar-refractivity contribution is 0.0707. The molecule has 5 rings (SSSR count). The molecule has 1 amide bonds. The number of rotatable bonds is 4. The average Bonchev–Trinajstić information content (AvgIpc) is 3.28. The molecule has 0 N–H and O–H groups in total. The Labute approximate surface area is 190 Å². The lowest BCUT2D eigenvalue weighted by Crippen LogP contribution is -2.48. The molecule has 7 nitrogen and oxygen atoms in total. The highest BCUT2D eigenvalue weighted by atomic mass is 35.5. The van der Waals surface area contributed by atoms with Gasteiger partial charge in [-0.1, -0.05) is 41.0 Å². The van der Waals surface area contributed by atoms with E-state index >= 15 is 0 Å². The third-order valence-electron chi connectivity index (χ3n) is 5.72. The van der Waals surface area contributed by atoms with Crippen molar-refractivity contribution in [2.45, 2.75) is 0 Å². The van der Waals surface area contributed by atoms with Crippen LogP contribution in [0.25, 0.3) is 22.2 Å². The third-order valence-corrected chi connectivity index (χ3v) is 6.11. The van der Waals surface area contributed by atoms with E-state index in [0.29, 0.717) is 48.2 Å². The van der Waals surface area contributed by atoms with Crippen LogP contribution in [0.5, 0.6) is 5.75 Å². The molecule has 2 aromatic heterocycles. The number of benzene rings is 2. The van der Waals surface area contributed by atoms with E-state index in [2.05, 4.69) is 15.0 Å². The molecule has 1 fully saturated rings. The number of aromatic nitrogens is 2. The summed E-state index contributed by atoms with van der Waals surface area (Å²) < 4.78 is 10.6. The number of methoxy groups -OCH3 is 1. The van der Waals surface area contributed by atoms with E-state index in [1.54, 1.807) is 12.0 Å². The number of nitrogens with zero attached hydrogens (tertiary/aromatic N) is 4. The Hall–Kier alpha value is -3.58. The standard InChI is InChI=1S/C24H21ClN4O3/c1-31-21-8-4-6-17(22(21)25)19-10-9-16(15-26-19)28-11-13-29(14-12-28)24(30)23-18-5-2-3-7-20(18)27-32-23/h2-10,15H,11-14H2,1H3. The summed E-state index contributed by atoms with van der Waals surface area (Å²) >= 11 is 6.43. The first-order chi connectivity index (χ1) is 15.7. The van der Waals surface area contributed by atoms with Crippen LogP contribution in [0.15, 0.2) is 65.3 Å². The molecule has 0 bridgehead atoms. The number of anilines is 1. The Bertz CT molecular complexity index is 1260. The van der Waals surface area contributed by atoms with Crippen molar-refractivity contribution in [2.75, 3.05) is 38.2 Å². The van der Waals surface area contributed by atoms with Crippen LogP contribution in [0.2, 0.25) is 5.02 Å². The molecule has 0 spiro atoms. The van der Waals surface area contributed by atoms with Crippen LogP contribution < -0.4 is 9.64 Å². The second kappa shape index (κ2) is 8.51. The minimum Gasteiger partial charge on any atom is -0.495 e. The second-order valence-corrected chi connectivity index (χ2v) is 7.91. The van der Waals surface area contributed by atoms with Gasteiger partial charge in [-0.15, -0.1) is 0 Å². The van der Waals surface area contributed by atoms with Crippen molar-refractivity contribution in [2.24, 2.45) is 0 Å². The van der Waals surface area contributed by atoms with Gasteiger partial charge in [-0.25, -0.2) is 0 Å². The van der Waals surface area contributed by atoms with Gasteiger partial charge >= 0.3 is 0 Å². The maximum absolute atomic E-state index is 12.9. The Morgan fingerprint density at radius 2 is 1.84 bits per heavy atom. The van der Waals surface area contributed by atoms with E-state index in [1.165, 1.54) is 0 Å². The number of carbonyl (C=O) groups excluding carboxylic acids is 1. The first-order valence-electron chi connectivity index (χ1n) is 10.3. The number of piperazine rings is 1. The van der Waals surface area contributed by atoms with E-state index in [4.69, 9.17) is 20.9 Å². The molecule has 0 atom stereocenters. The minimum atomic E-state index is -0.125. The molecule has 0 saturated carbocycles. The molecule has 162 valence electrons. The minimum absolute atomic E-state index is 0.125. The molecule has 4 aromatic rings. The van der Waals surface area contributed by atoms with Crippen LogP contribution in [0.3, 0.4) is 0 Å². The fourth-order valence-corrected chi connectivity index (χ4v) is 4.25. The van der Waals surface area contributed by atoms with Gasteiger partial charge in [0.2, 0.25) is 5.76 Å². The van der Waals surface area contributed by atoms with Crippen molar-refractivity contribution in [1.82, 2.24) is 15.0 Å². The van der Waals surface area contributed by atoms with Crippen LogP contribution in [-0.2, 0) is 0 Å². The van der Waals surface area contributed by atoms with Crippen LogP contribution >= 0.6 is 11.6 Å². The molecule has 1 saturated heterocycles. The first kappa shape index (κ1) is 20.3. The van der Waals surface area contributed by atoms with E-state index in [1.807, 2.05) is 60.8 Å². The van der Waals surface area contributed by atoms with Crippen molar-refractivity contribution in [3.63, 3.8) is 0 Å². The molecular weight excluding hydrogens is 428 g/mol. The SMILES string of the molecule is COc1cccc(-c2ccc(N3CCN(C(=O)c4onc5ccccc45)CC3)cn2)c1Cl. The number of hydrogen-bond acceptors (Lipinski definition) is 6. The van der Waals surface area contributed by atoms with Gasteiger partial charge in [-0.05, 0) is 30.3 Å². The molecule has 0 aliphatic carbocycles. The molecule has 0 unspecified atom stereocenters. The van der Waals surface area contributed by atoms with Crippen molar-refractivity contribution >= 4 is 34.1 Å². The number of amides is 1. The highest BCUT2D eigenvalue weighted by Gasteiger charge is 2.26. The van der Waals surface area contributed by atoms with Crippen molar-refractivity contribution in [1.29, 1.82) is 0 Å². The van der Waals surface area contributed by atoms with E-state index in [9.17, 15) is 4.79 Å².